The van der Waals surface area contributed by atoms with Crippen LogP contribution in [0, 0.1) is 5.82 Å². The van der Waals surface area contributed by atoms with Crippen molar-refractivity contribution in [1.29, 1.82) is 0 Å². The summed E-state index contributed by atoms with van der Waals surface area (Å²) in [5.74, 6) is -0.169. The zero-order valence-electron chi connectivity index (χ0n) is 11.8. The summed E-state index contributed by atoms with van der Waals surface area (Å²) in [5.41, 5.74) is 0. The zero-order chi connectivity index (χ0) is 15.9. The molecule has 0 aliphatic rings. The summed E-state index contributed by atoms with van der Waals surface area (Å²) in [6.45, 7) is 1.80. The van der Waals surface area contributed by atoms with E-state index in [1.165, 1.54) is 12.4 Å². The lowest BCUT2D eigenvalue weighted by Gasteiger charge is -2.12. The summed E-state index contributed by atoms with van der Waals surface area (Å²) in [7, 11) is 1.74. The number of amides is 1. The van der Waals surface area contributed by atoms with Gasteiger partial charge in [-0.2, -0.15) is 5.10 Å². The summed E-state index contributed by atoms with van der Waals surface area (Å²) in [6, 6.07) is 4.31. The third-order valence-corrected chi connectivity index (χ3v) is 4.94. The molecule has 5 nitrogen and oxygen atoms in total. The lowest BCUT2D eigenvalue weighted by Crippen LogP contribution is -2.28. The van der Waals surface area contributed by atoms with Gasteiger partial charge < -0.3 is 5.32 Å². The van der Waals surface area contributed by atoms with Gasteiger partial charge in [0.2, 0.25) is 0 Å². The summed E-state index contributed by atoms with van der Waals surface area (Å²) in [4.78, 5) is 16.8. The number of fused-ring (bicyclic) bond motifs is 1. The van der Waals surface area contributed by atoms with E-state index in [9.17, 15) is 9.18 Å². The second-order valence-corrected chi connectivity index (χ2v) is 6.23. The van der Waals surface area contributed by atoms with Crippen molar-refractivity contribution in [2.24, 2.45) is 7.05 Å². The number of rotatable bonds is 3. The van der Waals surface area contributed by atoms with Crippen molar-refractivity contribution in [2.45, 2.75) is 13.0 Å². The monoisotopic (exact) mass is 338 g/mol. The fourth-order valence-electron chi connectivity index (χ4n) is 2.24. The minimum atomic E-state index is -0.431. The first kappa shape index (κ1) is 14.9. The average Bonchev–Trinajstić information content (AvgIpc) is 3.03. The van der Waals surface area contributed by atoms with Crippen molar-refractivity contribution in [1.82, 2.24) is 20.1 Å². The molecule has 2 heterocycles. The molecular formula is C14H12ClFN4OS. The van der Waals surface area contributed by atoms with Crippen LogP contribution in [-0.2, 0) is 7.05 Å². The predicted octanol–water partition coefficient (Wildman–Crippen LogP) is 3.31. The van der Waals surface area contributed by atoms with E-state index >= 15 is 0 Å². The Morgan fingerprint density at radius 1 is 1.50 bits per heavy atom. The summed E-state index contributed by atoms with van der Waals surface area (Å²) in [5, 5.41) is 7.19. The summed E-state index contributed by atoms with van der Waals surface area (Å²) in [6.07, 6.45) is 1.42. The molecule has 1 atom stereocenters. The van der Waals surface area contributed by atoms with E-state index in [1.54, 1.807) is 30.8 Å². The molecule has 1 amide bonds. The molecule has 2 aromatic heterocycles. The molecule has 1 aromatic carbocycles. The van der Waals surface area contributed by atoms with Crippen LogP contribution in [0.1, 0.15) is 28.5 Å². The minimum Gasteiger partial charge on any atom is -0.342 e. The Morgan fingerprint density at radius 2 is 2.27 bits per heavy atom. The van der Waals surface area contributed by atoms with E-state index in [1.807, 2.05) is 0 Å². The van der Waals surface area contributed by atoms with Gasteiger partial charge in [0.1, 0.15) is 22.8 Å². The van der Waals surface area contributed by atoms with Crippen LogP contribution in [0.3, 0.4) is 0 Å². The normalized spacial score (nSPS) is 12.5. The standard InChI is InChI=1S/C14H12ClFN4OS/c1-7(13-17-6-18-20(13)2)19-14(21)12-11(15)10-8(16)4-3-5-9(10)22-12/h3-7H,1-2H3,(H,19,21). The van der Waals surface area contributed by atoms with Crippen LogP contribution in [-0.4, -0.2) is 20.7 Å². The Bertz CT molecular complexity index is 860. The van der Waals surface area contributed by atoms with Gasteiger partial charge in [-0.25, -0.2) is 9.37 Å². The largest absolute Gasteiger partial charge is 0.342 e. The van der Waals surface area contributed by atoms with Crippen LogP contribution in [0.25, 0.3) is 10.1 Å². The molecule has 1 N–H and O–H groups in total. The molecule has 0 saturated heterocycles. The molecule has 8 heteroatoms. The van der Waals surface area contributed by atoms with Crippen molar-refractivity contribution in [3.8, 4) is 0 Å². The Hall–Kier alpha value is -1.99. The highest BCUT2D eigenvalue weighted by Gasteiger charge is 2.22. The maximum atomic E-state index is 13.8. The van der Waals surface area contributed by atoms with Crippen LogP contribution in [0.15, 0.2) is 24.5 Å². The fraction of sp³-hybridized carbons (Fsp3) is 0.214. The number of nitrogens with one attached hydrogen (secondary N) is 1. The second kappa shape index (κ2) is 5.66. The highest BCUT2D eigenvalue weighted by Crippen LogP contribution is 2.37. The number of nitrogens with zero attached hydrogens (tertiary/aromatic N) is 3. The third-order valence-electron chi connectivity index (χ3n) is 3.29. The highest BCUT2D eigenvalue weighted by atomic mass is 35.5. The fourth-order valence-corrected chi connectivity index (χ4v) is 3.70. The van der Waals surface area contributed by atoms with Gasteiger partial charge in [0, 0.05) is 17.1 Å². The number of aromatic nitrogens is 3. The van der Waals surface area contributed by atoms with E-state index < -0.39 is 5.82 Å². The van der Waals surface area contributed by atoms with E-state index in [0.29, 0.717) is 10.5 Å². The van der Waals surface area contributed by atoms with Gasteiger partial charge in [0.15, 0.2) is 0 Å². The maximum absolute atomic E-state index is 13.8. The molecule has 0 radical (unpaired) electrons. The van der Waals surface area contributed by atoms with Crippen LogP contribution in [0.5, 0.6) is 0 Å². The number of hydrogen-bond donors (Lipinski definition) is 1. The van der Waals surface area contributed by atoms with Crippen molar-refractivity contribution >= 4 is 38.9 Å². The van der Waals surface area contributed by atoms with Gasteiger partial charge in [0.05, 0.1) is 11.1 Å². The van der Waals surface area contributed by atoms with E-state index in [4.69, 9.17) is 11.6 Å². The second-order valence-electron chi connectivity index (χ2n) is 4.80. The van der Waals surface area contributed by atoms with Crippen molar-refractivity contribution in [3.05, 3.63) is 46.1 Å². The maximum Gasteiger partial charge on any atom is 0.263 e. The first-order valence-electron chi connectivity index (χ1n) is 6.50. The number of carbonyl (C=O) groups excluding carboxylic acids is 1. The lowest BCUT2D eigenvalue weighted by molar-refractivity contribution is 0.0942. The van der Waals surface area contributed by atoms with Gasteiger partial charge in [0.25, 0.3) is 5.91 Å². The molecule has 114 valence electrons. The molecule has 22 heavy (non-hydrogen) atoms. The Balaban J connectivity index is 1.91. The smallest absolute Gasteiger partial charge is 0.263 e. The Labute approximate surface area is 134 Å². The molecule has 0 bridgehead atoms. The molecule has 0 aliphatic heterocycles. The van der Waals surface area contributed by atoms with Gasteiger partial charge in [-0.15, -0.1) is 11.3 Å². The summed E-state index contributed by atoms with van der Waals surface area (Å²) >= 11 is 7.34. The van der Waals surface area contributed by atoms with Gasteiger partial charge in [-0.3, -0.25) is 9.48 Å². The molecule has 0 fully saturated rings. The first-order chi connectivity index (χ1) is 10.5. The van der Waals surface area contributed by atoms with Gasteiger partial charge in [-0.05, 0) is 19.1 Å². The minimum absolute atomic E-state index is 0.140. The van der Waals surface area contributed by atoms with Crippen molar-refractivity contribution in [2.75, 3.05) is 0 Å². The van der Waals surface area contributed by atoms with Gasteiger partial charge >= 0.3 is 0 Å². The van der Waals surface area contributed by atoms with Crippen LogP contribution in [0.2, 0.25) is 5.02 Å². The SMILES string of the molecule is CC(NC(=O)c1sc2cccc(F)c2c1Cl)c1ncnn1C. The Kier molecular flexibility index (Phi) is 3.84. The van der Waals surface area contributed by atoms with Crippen molar-refractivity contribution < 1.29 is 9.18 Å². The predicted molar refractivity (Wildman–Crippen MR) is 83.7 cm³/mol. The van der Waals surface area contributed by atoms with Crippen LogP contribution < -0.4 is 5.32 Å². The van der Waals surface area contributed by atoms with E-state index in [2.05, 4.69) is 15.4 Å². The number of hydrogen-bond acceptors (Lipinski definition) is 4. The van der Waals surface area contributed by atoms with E-state index in [-0.39, 0.29) is 27.2 Å². The number of halogens is 2. The van der Waals surface area contributed by atoms with Crippen LogP contribution >= 0.6 is 22.9 Å². The van der Waals surface area contributed by atoms with E-state index in [0.717, 1.165) is 11.3 Å². The highest BCUT2D eigenvalue weighted by molar-refractivity contribution is 7.21. The van der Waals surface area contributed by atoms with Gasteiger partial charge in [-0.1, -0.05) is 17.7 Å². The zero-order valence-corrected chi connectivity index (χ0v) is 13.4. The quantitative estimate of drug-likeness (QED) is 0.797. The number of carbonyl (C=O) groups is 1. The molecular weight excluding hydrogens is 327 g/mol. The lowest BCUT2D eigenvalue weighted by atomic mass is 10.2. The molecule has 3 rings (SSSR count). The number of benzene rings is 1. The Morgan fingerprint density at radius 3 is 2.91 bits per heavy atom. The van der Waals surface area contributed by atoms with Crippen LogP contribution in [0.4, 0.5) is 4.39 Å². The summed E-state index contributed by atoms with van der Waals surface area (Å²) < 4.78 is 16.1. The molecule has 1 unspecified atom stereocenters. The average molecular weight is 339 g/mol. The van der Waals surface area contributed by atoms with Crippen molar-refractivity contribution in [3.63, 3.8) is 0 Å². The number of aryl methyl sites for hydroxylation is 1. The molecule has 0 aliphatic carbocycles. The molecule has 0 saturated carbocycles. The topological polar surface area (TPSA) is 59.8 Å². The third kappa shape index (κ3) is 2.46. The number of thiophene rings is 1. The molecule has 3 aromatic rings. The molecule has 0 spiro atoms. The first-order valence-corrected chi connectivity index (χ1v) is 7.69.